The molecule has 0 aromatic carbocycles. The van der Waals surface area contributed by atoms with Crippen LogP contribution in [0.15, 0.2) is 0 Å². The van der Waals surface area contributed by atoms with E-state index in [1.54, 1.807) is 4.90 Å². The SMILES string of the molecule is C[C@@H]1CN(C(=O)OC(C)(C)C)C[C@H](C)C1C=O. The van der Waals surface area contributed by atoms with Crippen LogP contribution >= 0.6 is 0 Å². The molecule has 17 heavy (non-hydrogen) atoms. The van der Waals surface area contributed by atoms with Crippen molar-refractivity contribution in [2.45, 2.75) is 40.2 Å². The van der Waals surface area contributed by atoms with Gasteiger partial charge in [0.25, 0.3) is 0 Å². The molecule has 1 saturated heterocycles. The standard InChI is InChI=1S/C13H23NO3/c1-9-6-14(7-10(2)11(9)8-15)12(16)17-13(3,4)5/h8-11H,6-7H2,1-5H3/t9-,10+,11?. The maximum absolute atomic E-state index is 11.9. The largest absolute Gasteiger partial charge is 0.444 e. The molecule has 1 aliphatic heterocycles. The summed E-state index contributed by atoms with van der Waals surface area (Å²) < 4.78 is 5.34. The van der Waals surface area contributed by atoms with Crippen molar-refractivity contribution in [3.05, 3.63) is 0 Å². The summed E-state index contributed by atoms with van der Waals surface area (Å²) in [5.41, 5.74) is -0.467. The highest BCUT2D eigenvalue weighted by atomic mass is 16.6. The van der Waals surface area contributed by atoms with Crippen LogP contribution in [0, 0.1) is 17.8 Å². The first-order valence-corrected chi connectivity index (χ1v) is 6.18. The summed E-state index contributed by atoms with van der Waals surface area (Å²) in [6.45, 7) is 10.8. The quantitative estimate of drug-likeness (QED) is 0.662. The molecule has 0 aromatic heterocycles. The molecule has 1 unspecified atom stereocenters. The summed E-state index contributed by atoms with van der Waals surface area (Å²) in [5, 5.41) is 0. The molecular formula is C13H23NO3. The van der Waals surface area contributed by atoms with Crippen LogP contribution in [0.25, 0.3) is 0 Å². The molecular weight excluding hydrogens is 218 g/mol. The van der Waals surface area contributed by atoms with E-state index >= 15 is 0 Å². The average Bonchev–Trinajstić information content (AvgIpc) is 2.14. The maximum atomic E-state index is 11.9. The van der Waals surface area contributed by atoms with Crippen molar-refractivity contribution in [3.8, 4) is 0 Å². The van der Waals surface area contributed by atoms with Gasteiger partial charge >= 0.3 is 6.09 Å². The van der Waals surface area contributed by atoms with Crippen molar-refractivity contribution in [1.29, 1.82) is 0 Å². The predicted molar refractivity (Wildman–Crippen MR) is 65.7 cm³/mol. The van der Waals surface area contributed by atoms with Crippen LogP contribution in [0.5, 0.6) is 0 Å². The Labute approximate surface area is 103 Å². The second-order valence-electron chi connectivity index (χ2n) is 6.05. The number of aldehydes is 1. The highest BCUT2D eigenvalue weighted by Crippen LogP contribution is 2.27. The van der Waals surface area contributed by atoms with Crippen molar-refractivity contribution in [2.75, 3.05) is 13.1 Å². The third kappa shape index (κ3) is 3.72. The van der Waals surface area contributed by atoms with E-state index in [9.17, 15) is 9.59 Å². The van der Waals surface area contributed by atoms with E-state index in [0.717, 1.165) is 6.29 Å². The van der Waals surface area contributed by atoms with Gasteiger partial charge in [-0.2, -0.15) is 0 Å². The zero-order chi connectivity index (χ0) is 13.2. The summed E-state index contributed by atoms with van der Waals surface area (Å²) >= 11 is 0. The second kappa shape index (κ2) is 5.07. The van der Waals surface area contributed by atoms with Crippen LogP contribution < -0.4 is 0 Å². The Hall–Kier alpha value is -1.06. The topological polar surface area (TPSA) is 46.6 Å². The number of likely N-dealkylation sites (tertiary alicyclic amines) is 1. The molecule has 3 atom stereocenters. The number of hydrogen-bond acceptors (Lipinski definition) is 3. The van der Waals surface area contributed by atoms with E-state index in [-0.39, 0.29) is 23.8 Å². The molecule has 4 nitrogen and oxygen atoms in total. The summed E-state index contributed by atoms with van der Waals surface area (Å²) in [6.07, 6.45) is 0.738. The van der Waals surface area contributed by atoms with Crippen LogP contribution in [0.3, 0.4) is 0 Å². The van der Waals surface area contributed by atoms with E-state index in [2.05, 4.69) is 0 Å². The minimum atomic E-state index is -0.467. The minimum Gasteiger partial charge on any atom is -0.444 e. The number of piperidine rings is 1. The van der Waals surface area contributed by atoms with Crippen molar-refractivity contribution in [3.63, 3.8) is 0 Å². The lowest BCUT2D eigenvalue weighted by Crippen LogP contribution is -2.49. The van der Waals surface area contributed by atoms with Crippen molar-refractivity contribution < 1.29 is 14.3 Å². The summed E-state index contributed by atoms with van der Waals surface area (Å²) in [4.78, 5) is 24.6. The van der Waals surface area contributed by atoms with Gasteiger partial charge in [0.1, 0.15) is 11.9 Å². The van der Waals surface area contributed by atoms with Crippen LogP contribution in [-0.2, 0) is 9.53 Å². The lowest BCUT2D eigenvalue weighted by Gasteiger charge is -2.39. The first-order chi connectivity index (χ1) is 7.74. The number of hydrogen-bond donors (Lipinski definition) is 0. The lowest BCUT2D eigenvalue weighted by atomic mass is 9.81. The monoisotopic (exact) mass is 241 g/mol. The summed E-state index contributed by atoms with van der Waals surface area (Å²) in [5.74, 6) is 0.446. The van der Waals surface area contributed by atoms with Gasteiger partial charge in [-0.3, -0.25) is 0 Å². The maximum Gasteiger partial charge on any atom is 0.410 e. The van der Waals surface area contributed by atoms with Crippen LogP contribution in [0.4, 0.5) is 4.79 Å². The number of nitrogens with zero attached hydrogens (tertiary/aromatic N) is 1. The molecule has 1 fully saturated rings. The van der Waals surface area contributed by atoms with Gasteiger partial charge in [0, 0.05) is 19.0 Å². The third-order valence-corrected chi connectivity index (χ3v) is 3.14. The van der Waals surface area contributed by atoms with E-state index in [0.29, 0.717) is 13.1 Å². The molecule has 98 valence electrons. The molecule has 0 radical (unpaired) electrons. The fraction of sp³-hybridized carbons (Fsp3) is 0.846. The summed E-state index contributed by atoms with van der Waals surface area (Å²) in [6, 6.07) is 0. The molecule has 0 aliphatic carbocycles. The number of ether oxygens (including phenoxy) is 1. The normalized spacial score (nSPS) is 29.9. The van der Waals surface area contributed by atoms with E-state index in [4.69, 9.17) is 4.74 Å². The van der Waals surface area contributed by atoms with Crippen molar-refractivity contribution in [2.24, 2.45) is 17.8 Å². The Morgan fingerprint density at radius 1 is 1.24 bits per heavy atom. The van der Waals surface area contributed by atoms with Gasteiger partial charge in [-0.15, -0.1) is 0 Å². The molecule has 0 saturated carbocycles. The zero-order valence-corrected chi connectivity index (χ0v) is 11.4. The number of carbonyl (C=O) groups excluding carboxylic acids is 2. The molecule has 0 bridgehead atoms. The van der Waals surface area contributed by atoms with E-state index in [1.165, 1.54) is 0 Å². The predicted octanol–water partition coefficient (Wildman–Crippen LogP) is 2.32. The average molecular weight is 241 g/mol. The van der Waals surface area contributed by atoms with Crippen LogP contribution in [-0.4, -0.2) is 36.0 Å². The van der Waals surface area contributed by atoms with Crippen LogP contribution in [0.2, 0.25) is 0 Å². The van der Waals surface area contributed by atoms with Gasteiger partial charge in [-0.25, -0.2) is 4.79 Å². The molecule has 0 spiro atoms. The highest BCUT2D eigenvalue weighted by Gasteiger charge is 2.35. The third-order valence-electron chi connectivity index (χ3n) is 3.14. The Morgan fingerprint density at radius 2 is 1.71 bits per heavy atom. The Bertz CT molecular complexity index is 284. The Balaban J connectivity index is 2.63. The van der Waals surface area contributed by atoms with Gasteiger partial charge in [0.2, 0.25) is 0 Å². The lowest BCUT2D eigenvalue weighted by molar-refractivity contribution is -0.116. The molecule has 1 aliphatic rings. The molecule has 4 heteroatoms. The Kier molecular flexibility index (Phi) is 4.17. The number of amides is 1. The molecule has 1 heterocycles. The van der Waals surface area contributed by atoms with Crippen LogP contribution in [0.1, 0.15) is 34.6 Å². The van der Waals surface area contributed by atoms with Gasteiger partial charge in [0.15, 0.2) is 0 Å². The summed E-state index contributed by atoms with van der Waals surface area (Å²) in [7, 11) is 0. The fourth-order valence-electron chi connectivity index (χ4n) is 2.32. The van der Waals surface area contributed by atoms with Crippen molar-refractivity contribution >= 4 is 12.4 Å². The highest BCUT2D eigenvalue weighted by molar-refractivity contribution is 5.68. The van der Waals surface area contributed by atoms with Gasteiger partial charge < -0.3 is 14.4 Å². The molecule has 1 rings (SSSR count). The minimum absolute atomic E-state index is 0.0497. The second-order valence-corrected chi connectivity index (χ2v) is 6.05. The number of carbonyl (C=O) groups is 2. The smallest absolute Gasteiger partial charge is 0.410 e. The number of rotatable bonds is 1. The first kappa shape index (κ1) is 14.0. The van der Waals surface area contributed by atoms with Gasteiger partial charge in [0.05, 0.1) is 0 Å². The zero-order valence-electron chi connectivity index (χ0n) is 11.4. The fourth-order valence-corrected chi connectivity index (χ4v) is 2.32. The Morgan fingerprint density at radius 3 is 2.06 bits per heavy atom. The molecule has 0 aromatic rings. The molecule has 0 N–H and O–H groups in total. The van der Waals surface area contributed by atoms with E-state index < -0.39 is 5.60 Å². The van der Waals surface area contributed by atoms with Gasteiger partial charge in [-0.1, -0.05) is 13.8 Å². The van der Waals surface area contributed by atoms with Crippen molar-refractivity contribution in [1.82, 2.24) is 4.90 Å². The van der Waals surface area contributed by atoms with E-state index in [1.807, 2.05) is 34.6 Å². The first-order valence-electron chi connectivity index (χ1n) is 6.18. The molecule has 1 amide bonds. The van der Waals surface area contributed by atoms with Gasteiger partial charge in [-0.05, 0) is 32.6 Å².